The van der Waals surface area contributed by atoms with Crippen molar-refractivity contribution >= 4 is 33.8 Å². The van der Waals surface area contributed by atoms with E-state index in [0.29, 0.717) is 11.3 Å². The molecule has 2 rings (SSSR count). The van der Waals surface area contributed by atoms with Crippen molar-refractivity contribution in [3.05, 3.63) is 69.7 Å². The molecular weight excluding hydrogens is 420 g/mol. The summed E-state index contributed by atoms with van der Waals surface area (Å²) in [6, 6.07) is 12.7. The second-order valence-corrected chi connectivity index (χ2v) is 9.04. The SMILES string of the molecule is CC(C)(Oc1ccc(C=CC(=O)c2ccc(Br)cc2)cc1C(C)(C)C)C(=O)O. The molecule has 148 valence electrons. The molecule has 28 heavy (non-hydrogen) atoms. The maximum atomic E-state index is 12.3. The van der Waals surface area contributed by atoms with Gasteiger partial charge in [-0.25, -0.2) is 4.79 Å². The summed E-state index contributed by atoms with van der Waals surface area (Å²) in [5, 5.41) is 9.34. The van der Waals surface area contributed by atoms with Crippen LogP contribution < -0.4 is 4.74 Å². The van der Waals surface area contributed by atoms with E-state index in [9.17, 15) is 14.7 Å². The minimum atomic E-state index is -1.34. The highest BCUT2D eigenvalue weighted by molar-refractivity contribution is 9.10. The minimum absolute atomic E-state index is 0.0860. The summed E-state index contributed by atoms with van der Waals surface area (Å²) in [5.74, 6) is -0.593. The fourth-order valence-electron chi connectivity index (χ4n) is 2.53. The Balaban J connectivity index is 2.32. The number of halogens is 1. The van der Waals surface area contributed by atoms with Crippen LogP contribution in [0.3, 0.4) is 0 Å². The number of rotatable bonds is 6. The molecule has 0 aromatic heterocycles. The smallest absolute Gasteiger partial charge is 0.347 e. The highest BCUT2D eigenvalue weighted by Gasteiger charge is 2.31. The van der Waals surface area contributed by atoms with Crippen LogP contribution in [0.2, 0.25) is 0 Å². The number of carbonyl (C=O) groups excluding carboxylic acids is 1. The van der Waals surface area contributed by atoms with Crippen molar-refractivity contribution in [2.75, 3.05) is 0 Å². The molecule has 0 atom stereocenters. The van der Waals surface area contributed by atoms with E-state index < -0.39 is 11.6 Å². The number of carboxylic acid groups (broad SMARTS) is 1. The molecule has 0 fully saturated rings. The molecule has 0 amide bonds. The van der Waals surface area contributed by atoms with Gasteiger partial charge < -0.3 is 9.84 Å². The summed E-state index contributed by atoms with van der Waals surface area (Å²) in [7, 11) is 0. The van der Waals surface area contributed by atoms with Crippen LogP contribution in [-0.2, 0) is 10.2 Å². The molecule has 1 N–H and O–H groups in total. The molecule has 0 saturated heterocycles. The van der Waals surface area contributed by atoms with Crippen LogP contribution >= 0.6 is 15.9 Å². The number of aliphatic carboxylic acids is 1. The van der Waals surface area contributed by atoms with Crippen molar-refractivity contribution < 1.29 is 19.4 Å². The van der Waals surface area contributed by atoms with E-state index in [4.69, 9.17) is 4.74 Å². The van der Waals surface area contributed by atoms with Gasteiger partial charge in [-0.15, -0.1) is 0 Å². The largest absolute Gasteiger partial charge is 0.478 e. The third kappa shape index (κ3) is 5.55. The third-order valence-electron chi connectivity index (χ3n) is 4.25. The second-order valence-electron chi connectivity index (χ2n) is 8.13. The Morgan fingerprint density at radius 3 is 2.14 bits per heavy atom. The van der Waals surface area contributed by atoms with E-state index >= 15 is 0 Å². The van der Waals surface area contributed by atoms with Crippen LogP contribution in [0.1, 0.15) is 56.1 Å². The Labute approximate surface area is 174 Å². The number of benzene rings is 2. The lowest BCUT2D eigenvalue weighted by atomic mass is 9.85. The van der Waals surface area contributed by atoms with Crippen LogP contribution in [0, 0.1) is 0 Å². The Bertz CT molecular complexity index is 903. The normalized spacial score (nSPS) is 12.2. The monoisotopic (exact) mass is 444 g/mol. The molecule has 2 aromatic rings. The molecule has 0 saturated carbocycles. The van der Waals surface area contributed by atoms with Crippen LogP contribution in [0.4, 0.5) is 0 Å². The van der Waals surface area contributed by atoms with E-state index in [1.807, 2.05) is 45.0 Å². The van der Waals surface area contributed by atoms with Gasteiger partial charge in [0.1, 0.15) is 5.75 Å². The lowest BCUT2D eigenvalue weighted by Gasteiger charge is -2.28. The van der Waals surface area contributed by atoms with Gasteiger partial charge in [-0.1, -0.05) is 48.8 Å². The van der Waals surface area contributed by atoms with E-state index in [2.05, 4.69) is 15.9 Å². The Morgan fingerprint density at radius 1 is 1.00 bits per heavy atom. The predicted octanol–water partition coefficient (Wildman–Crippen LogP) is 5.88. The van der Waals surface area contributed by atoms with Gasteiger partial charge in [0.25, 0.3) is 0 Å². The average molecular weight is 445 g/mol. The molecule has 0 unspecified atom stereocenters. The molecule has 5 heteroatoms. The highest BCUT2D eigenvalue weighted by atomic mass is 79.9. The van der Waals surface area contributed by atoms with Gasteiger partial charge in [-0.05, 0) is 67.3 Å². The van der Waals surface area contributed by atoms with Crippen molar-refractivity contribution in [1.29, 1.82) is 0 Å². The zero-order valence-corrected chi connectivity index (χ0v) is 18.3. The summed E-state index contributed by atoms with van der Waals surface area (Å²) in [5.41, 5.74) is 0.730. The molecule has 0 bridgehead atoms. The maximum absolute atomic E-state index is 12.3. The van der Waals surface area contributed by atoms with E-state index in [-0.39, 0.29) is 11.2 Å². The molecular formula is C23H25BrO4. The maximum Gasteiger partial charge on any atom is 0.347 e. The third-order valence-corrected chi connectivity index (χ3v) is 4.78. The van der Waals surface area contributed by atoms with Crippen molar-refractivity contribution in [1.82, 2.24) is 0 Å². The molecule has 4 nitrogen and oxygen atoms in total. The van der Waals surface area contributed by atoms with Gasteiger partial charge in [0.05, 0.1) is 0 Å². The van der Waals surface area contributed by atoms with Crippen LogP contribution in [0.15, 0.2) is 53.0 Å². The first-order valence-electron chi connectivity index (χ1n) is 8.95. The quantitative estimate of drug-likeness (QED) is 0.445. The van der Waals surface area contributed by atoms with Gasteiger partial charge >= 0.3 is 5.97 Å². The zero-order chi connectivity index (χ0) is 21.1. The average Bonchev–Trinajstić information content (AvgIpc) is 2.59. The van der Waals surface area contributed by atoms with Gasteiger partial charge in [0, 0.05) is 15.6 Å². The second kappa shape index (κ2) is 8.31. The molecule has 0 aliphatic rings. The standard InChI is InChI=1S/C23H25BrO4/c1-22(2,3)18-14-15(7-13-20(18)28-23(4,5)21(26)27)6-12-19(25)16-8-10-17(24)11-9-16/h6-14H,1-5H3,(H,26,27). The van der Waals surface area contributed by atoms with Gasteiger partial charge in [-0.3, -0.25) is 4.79 Å². The highest BCUT2D eigenvalue weighted by Crippen LogP contribution is 2.34. The van der Waals surface area contributed by atoms with Gasteiger partial charge in [0.2, 0.25) is 0 Å². The topological polar surface area (TPSA) is 63.6 Å². The Kier molecular flexibility index (Phi) is 6.50. The van der Waals surface area contributed by atoms with Crippen molar-refractivity contribution in [2.45, 2.75) is 45.6 Å². The molecule has 0 radical (unpaired) electrons. The van der Waals surface area contributed by atoms with E-state index in [0.717, 1.165) is 15.6 Å². The van der Waals surface area contributed by atoms with Crippen LogP contribution in [0.5, 0.6) is 5.75 Å². The lowest BCUT2D eigenvalue weighted by molar-refractivity contribution is -0.152. The Hall–Kier alpha value is -2.40. The Morgan fingerprint density at radius 2 is 1.61 bits per heavy atom. The number of ketones is 1. The number of carboxylic acids is 1. The van der Waals surface area contributed by atoms with Crippen molar-refractivity contribution in [2.24, 2.45) is 0 Å². The summed E-state index contributed by atoms with van der Waals surface area (Å²) in [4.78, 5) is 23.8. The van der Waals surface area contributed by atoms with E-state index in [1.165, 1.54) is 19.9 Å². The van der Waals surface area contributed by atoms with Crippen molar-refractivity contribution in [3.8, 4) is 5.75 Å². The number of ether oxygens (including phenoxy) is 1. The zero-order valence-electron chi connectivity index (χ0n) is 16.7. The summed E-state index contributed by atoms with van der Waals surface area (Å²) < 4.78 is 6.71. The summed E-state index contributed by atoms with van der Waals surface area (Å²) in [6.07, 6.45) is 3.29. The van der Waals surface area contributed by atoms with E-state index in [1.54, 1.807) is 24.3 Å². The van der Waals surface area contributed by atoms with Gasteiger partial charge in [0.15, 0.2) is 11.4 Å². The summed E-state index contributed by atoms with van der Waals surface area (Å²) in [6.45, 7) is 9.13. The molecule has 2 aromatic carbocycles. The van der Waals surface area contributed by atoms with Gasteiger partial charge in [-0.2, -0.15) is 0 Å². The number of allylic oxidation sites excluding steroid dienone is 1. The number of hydrogen-bond donors (Lipinski definition) is 1. The lowest BCUT2D eigenvalue weighted by Crippen LogP contribution is -2.38. The van der Waals surface area contributed by atoms with Crippen LogP contribution in [-0.4, -0.2) is 22.5 Å². The molecule has 0 aliphatic carbocycles. The first-order chi connectivity index (χ1) is 12.9. The molecule has 0 spiro atoms. The van der Waals surface area contributed by atoms with Crippen molar-refractivity contribution in [3.63, 3.8) is 0 Å². The fraction of sp³-hybridized carbons (Fsp3) is 0.304. The summed E-state index contributed by atoms with van der Waals surface area (Å²) >= 11 is 3.36. The molecule has 0 heterocycles. The number of hydrogen-bond acceptors (Lipinski definition) is 3. The predicted molar refractivity (Wildman–Crippen MR) is 115 cm³/mol. The molecule has 0 aliphatic heterocycles. The van der Waals surface area contributed by atoms with Crippen LogP contribution in [0.25, 0.3) is 6.08 Å². The minimum Gasteiger partial charge on any atom is -0.478 e. The first-order valence-corrected chi connectivity index (χ1v) is 9.74. The number of carbonyl (C=O) groups is 2. The first kappa shape index (κ1) is 21.9. The fourth-order valence-corrected chi connectivity index (χ4v) is 2.79.